The molecule has 2 aromatic carbocycles. The van der Waals surface area contributed by atoms with E-state index in [1.165, 1.54) is 0 Å². The van der Waals surface area contributed by atoms with Gasteiger partial charge < -0.3 is 10.3 Å². The predicted molar refractivity (Wildman–Crippen MR) is 86.8 cm³/mol. The van der Waals surface area contributed by atoms with Gasteiger partial charge in [-0.15, -0.1) is 0 Å². The number of nitrogens with one attached hydrogen (secondary N) is 2. The van der Waals surface area contributed by atoms with E-state index in [9.17, 15) is 0 Å². The van der Waals surface area contributed by atoms with Crippen LogP contribution in [0, 0.1) is 11.3 Å². The summed E-state index contributed by atoms with van der Waals surface area (Å²) < 4.78 is 0. The third-order valence-corrected chi connectivity index (χ3v) is 4.02. The zero-order valence-electron chi connectivity index (χ0n) is 11.0. The van der Waals surface area contributed by atoms with Crippen molar-refractivity contribution < 1.29 is 0 Å². The number of H-pyrrole nitrogens is 1. The smallest absolute Gasteiger partial charge is 0.101 e. The lowest BCUT2D eigenvalue weighted by atomic mass is 10.2. The molecule has 0 bridgehead atoms. The number of nitriles is 1. The second-order valence-corrected chi connectivity index (χ2v) is 5.41. The van der Waals surface area contributed by atoms with Gasteiger partial charge in [-0.1, -0.05) is 41.4 Å². The van der Waals surface area contributed by atoms with Crippen molar-refractivity contribution in [1.82, 2.24) is 4.98 Å². The Kier molecular flexibility index (Phi) is 3.74. The molecule has 0 saturated heterocycles. The molecule has 0 aliphatic heterocycles. The Morgan fingerprint density at radius 2 is 1.95 bits per heavy atom. The second-order valence-electron chi connectivity index (χ2n) is 4.62. The van der Waals surface area contributed by atoms with Crippen LogP contribution in [0.5, 0.6) is 0 Å². The van der Waals surface area contributed by atoms with Crippen LogP contribution in [0.4, 0.5) is 5.69 Å². The normalized spacial score (nSPS) is 10.5. The van der Waals surface area contributed by atoms with Gasteiger partial charge in [0.15, 0.2) is 0 Å². The molecule has 0 spiro atoms. The molecule has 21 heavy (non-hydrogen) atoms. The van der Waals surface area contributed by atoms with Crippen LogP contribution in [-0.2, 0) is 6.54 Å². The molecule has 3 aromatic rings. The highest BCUT2D eigenvalue weighted by Gasteiger charge is 2.09. The molecule has 2 N–H and O–H groups in total. The Morgan fingerprint density at radius 1 is 1.14 bits per heavy atom. The van der Waals surface area contributed by atoms with Crippen LogP contribution < -0.4 is 5.32 Å². The standard InChI is InChI=1S/C16H11Cl2N3/c17-13-7-11(6-5-10(13)8-19)20-9-15-16(18)12-3-1-2-4-14(12)21-15/h1-7,20-21H,9H2. The molecule has 0 amide bonds. The Morgan fingerprint density at radius 3 is 2.67 bits per heavy atom. The van der Waals surface area contributed by atoms with Gasteiger partial charge in [0.1, 0.15) is 6.07 Å². The summed E-state index contributed by atoms with van der Waals surface area (Å²) in [6.45, 7) is 0.551. The van der Waals surface area contributed by atoms with E-state index in [-0.39, 0.29) is 0 Å². The number of benzene rings is 2. The van der Waals surface area contributed by atoms with Gasteiger partial charge in [-0.2, -0.15) is 5.26 Å². The van der Waals surface area contributed by atoms with Crippen molar-refractivity contribution in [2.45, 2.75) is 6.54 Å². The van der Waals surface area contributed by atoms with Crippen LogP contribution in [-0.4, -0.2) is 4.98 Å². The van der Waals surface area contributed by atoms with Crippen LogP contribution >= 0.6 is 23.2 Å². The van der Waals surface area contributed by atoms with E-state index in [1.807, 2.05) is 36.4 Å². The number of nitrogens with zero attached hydrogens (tertiary/aromatic N) is 1. The van der Waals surface area contributed by atoms with Crippen molar-refractivity contribution >= 4 is 39.8 Å². The monoisotopic (exact) mass is 315 g/mol. The minimum Gasteiger partial charge on any atom is -0.379 e. The van der Waals surface area contributed by atoms with Crippen molar-refractivity contribution in [2.75, 3.05) is 5.32 Å². The maximum atomic E-state index is 8.86. The molecule has 0 saturated carbocycles. The third-order valence-electron chi connectivity index (χ3n) is 3.27. The first kappa shape index (κ1) is 13.8. The number of aromatic nitrogens is 1. The molecule has 3 rings (SSSR count). The summed E-state index contributed by atoms with van der Waals surface area (Å²) in [4.78, 5) is 3.29. The summed E-state index contributed by atoms with van der Waals surface area (Å²) in [6.07, 6.45) is 0. The molecule has 0 unspecified atom stereocenters. The number of anilines is 1. The molecular weight excluding hydrogens is 305 g/mol. The van der Waals surface area contributed by atoms with E-state index in [4.69, 9.17) is 28.5 Å². The highest BCUT2D eigenvalue weighted by Crippen LogP contribution is 2.28. The number of aromatic amines is 1. The zero-order chi connectivity index (χ0) is 14.8. The molecule has 5 heteroatoms. The van der Waals surface area contributed by atoms with Gasteiger partial charge in [0.2, 0.25) is 0 Å². The fourth-order valence-electron chi connectivity index (χ4n) is 2.19. The number of hydrogen-bond donors (Lipinski definition) is 2. The number of rotatable bonds is 3. The minimum absolute atomic E-state index is 0.435. The molecule has 0 aliphatic rings. The first-order chi connectivity index (χ1) is 10.2. The molecule has 0 aliphatic carbocycles. The van der Waals surface area contributed by atoms with Crippen molar-refractivity contribution in [1.29, 1.82) is 5.26 Å². The Bertz CT molecular complexity index is 846. The Hall–Kier alpha value is -2.15. The van der Waals surface area contributed by atoms with Crippen LogP contribution in [0.1, 0.15) is 11.3 Å². The molecule has 1 heterocycles. The molecule has 0 atom stereocenters. The average molecular weight is 316 g/mol. The average Bonchev–Trinajstić information content (AvgIpc) is 2.82. The highest BCUT2D eigenvalue weighted by atomic mass is 35.5. The summed E-state index contributed by atoms with van der Waals surface area (Å²) >= 11 is 12.4. The van der Waals surface area contributed by atoms with E-state index >= 15 is 0 Å². The molecule has 1 aromatic heterocycles. The van der Waals surface area contributed by atoms with Gasteiger partial charge in [0, 0.05) is 16.6 Å². The Balaban J connectivity index is 1.82. The summed E-state index contributed by atoms with van der Waals surface area (Å²) in [5.74, 6) is 0. The minimum atomic E-state index is 0.435. The SMILES string of the molecule is N#Cc1ccc(NCc2[nH]c3ccccc3c2Cl)cc1Cl. The summed E-state index contributed by atoms with van der Waals surface area (Å²) in [5.41, 5.74) is 3.23. The van der Waals surface area contributed by atoms with E-state index in [2.05, 4.69) is 10.3 Å². The van der Waals surface area contributed by atoms with E-state index < -0.39 is 0 Å². The third kappa shape index (κ3) is 2.69. The maximum absolute atomic E-state index is 8.86. The van der Waals surface area contributed by atoms with Crippen LogP contribution in [0.2, 0.25) is 10.0 Å². The van der Waals surface area contributed by atoms with E-state index in [0.29, 0.717) is 17.1 Å². The number of para-hydroxylation sites is 1. The molecule has 3 nitrogen and oxygen atoms in total. The second kappa shape index (κ2) is 5.69. The summed E-state index contributed by atoms with van der Waals surface area (Å²) in [5, 5.41) is 14.3. The lowest BCUT2D eigenvalue weighted by molar-refractivity contribution is 1.09. The first-order valence-corrected chi connectivity index (χ1v) is 7.13. The fourth-order valence-corrected chi connectivity index (χ4v) is 2.69. The van der Waals surface area contributed by atoms with Gasteiger partial charge in [0.25, 0.3) is 0 Å². The van der Waals surface area contributed by atoms with Crippen molar-refractivity contribution in [2.24, 2.45) is 0 Å². The Labute approximate surface area is 132 Å². The van der Waals surface area contributed by atoms with Gasteiger partial charge in [0.05, 0.1) is 27.8 Å². The first-order valence-electron chi connectivity index (χ1n) is 6.37. The van der Waals surface area contributed by atoms with Crippen molar-refractivity contribution in [3.8, 4) is 6.07 Å². The lowest BCUT2D eigenvalue weighted by Crippen LogP contribution is -2.00. The number of hydrogen-bond acceptors (Lipinski definition) is 2. The predicted octanol–water partition coefficient (Wildman–Crippen LogP) is 4.96. The van der Waals surface area contributed by atoms with E-state index in [1.54, 1.807) is 12.1 Å². The number of fused-ring (bicyclic) bond motifs is 1. The lowest BCUT2D eigenvalue weighted by Gasteiger charge is -2.06. The zero-order valence-corrected chi connectivity index (χ0v) is 12.5. The summed E-state index contributed by atoms with van der Waals surface area (Å²) in [7, 11) is 0. The summed E-state index contributed by atoms with van der Waals surface area (Å²) in [6, 6.07) is 15.2. The molecular formula is C16H11Cl2N3. The highest BCUT2D eigenvalue weighted by molar-refractivity contribution is 6.36. The van der Waals surface area contributed by atoms with Gasteiger partial charge >= 0.3 is 0 Å². The van der Waals surface area contributed by atoms with Crippen LogP contribution in [0.3, 0.4) is 0 Å². The molecule has 0 fully saturated rings. The maximum Gasteiger partial charge on any atom is 0.101 e. The molecule has 104 valence electrons. The van der Waals surface area contributed by atoms with Crippen molar-refractivity contribution in [3.63, 3.8) is 0 Å². The van der Waals surface area contributed by atoms with Gasteiger partial charge in [-0.05, 0) is 24.3 Å². The number of halogens is 2. The molecule has 0 radical (unpaired) electrons. The van der Waals surface area contributed by atoms with Crippen LogP contribution in [0.25, 0.3) is 10.9 Å². The van der Waals surface area contributed by atoms with Gasteiger partial charge in [-0.25, -0.2) is 0 Å². The van der Waals surface area contributed by atoms with Crippen LogP contribution in [0.15, 0.2) is 42.5 Å². The fraction of sp³-hybridized carbons (Fsp3) is 0.0625. The van der Waals surface area contributed by atoms with Gasteiger partial charge in [-0.3, -0.25) is 0 Å². The topological polar surface area (TPSA) is 51.6 Å². The van der Waals surface area contributed by atoms with Crippen molar-refractivity contribution in [3.05, 3.63) is 63.8 Å². The quantitative estimate of drug-likeness (QED) is 0.717. The largest absolute Gasteiger partial charge is 0.379 e. The van der Waals surface area contributed by atoms with E-state index in [0.717, 1.165) is 27.3 Å².